The molecule has 0 radical (unpaired) electrons. The summed E-state index contributed by atoms with van der Waals surface area (Å²) < 4.78 is 14.8. The van der Waals surface area contributed by atoms with E-state index in [9.17, 15) is 9.90 Å². The van der Waals surface area contributed by atoms with Crippen molar-refractivity contribution in [1.82, 2.24) is 0 Å². The van der Waals surface area contributed by atoms with Crippen LogP contribution in [0.2, 0.25) is 0 Å². The minimum atomic E-state index is -1.21. The zero-order valence-electron chi connectivity index (χ0n) is 12.7. The maximum Gasteiger partial charge on any atom is 0.337 e. The number of benzene rings is 1. The smallest absolute Gasteiger partial charge is 0.337 e. The lowest BCUT2D eigenvalue weighted by molar-refractivity contribution is 0.0111. The van der Waals surface area contributed by atoms with Crippen molar-refractivity contribution in [2.45, 2.75) is 18.9 Å². The van der Waals surface area contributed by atoms with Gasteiger partial charge in [0.25, 0.3) is 0 Å². The summed E-state index contributed by atoms with van der Waals surface area (Å²) in [5.41, 5.74) is -0.253. The molecule has 1 aromatic carbocycles. The molecule has 0 aliphatic rings. The molecule has 1 atom stereocenters. The van der Waals surface area contributed by atoms with Crippen LogP contribution in [0.4, 0.5) is 0 Å². The van der Waals surface area contributed by atoms with Crippen LogP contribution in [0.25, 0.3) is 0 Å². The first-order chi connectivity index (χ1) is 9.99. The second-order valence-electron chi connectivity index (χ2n) is 4.47. The Kier molecular flexibility index (Phi) is 6.22. The first-order valence-corrected chi connectivity index (χ1v) is 6.50. The second-order valence-corrected chi connectivity index (χ2v) is 4.47. The summed E-state index contributed by atoms with van der Waals surface area (Å²) in [7, 11) is 4.31. The minimum absolute atomic E-state index is 0.124. The van der Waals surface area contributed by atoms with Crippen LogP contribution in [0.15, 0.2) is 18.2 Å². The predicted octanol–water partition coefficient (Wildman–Crippen LogP) is 1.62. The lowest BCUT2D eigenvalue weighted by Gasteiger charge is -2.18. The summed E-state index contributed by atoms with van der Waals surface area (Å²) in [5, 5.41) is 10.2. The standard InChI is InChI=1S/C16H20O5/c1-5-16(18,11-19-2)9-8-12-6-7-13(15(17)21-4)10-14(12)20-3/h6-7,10,18H,5,11H2,1-4H3/t16-/m1/s1. The maximum absolute atomic E-state index is 11.5. The van der Waals surface area contributed by atoms with Gasteiger partial charge in [0.2, 0.25) is 0 Å². The van der Waals surface area contributed by atoms with Gasteiger partial charge in [-0.05, 0) is 24.6 Å². The number of ether oxygens (including phenoxy) is 3. The van der Waals surface area contributed by atoms with Crippen LogP contribution >= 0.6 is 0 Å². The van der Waals surface area contributed by atoms with Gasteiger partial charge in [-0.25, -0.2) is 4.79 Å². The Hall–Kier alpha value is -2.03. The third-order valence-electron chi connectivity index (χ3n) is 3.02. The number of carbonyl (C=O) groups is 1. The average Bonchev–Trinajstić information content (AvgIpc) is 2.52. The summed E-state index contributed by atoms with van der Waals surface area (Å²) in [5.74, 6) is 5.65. The maximum atomic E-state index is 11.5. The molecule has 114 valence electrons. The molecule has 0 spiro atoms. The number of esters is 1. The van der Waals surface area contributed by atoms with E-state index >= 15 is 0 Å². The summed E-state index contributed by atoms with van der Waals surface area (Å²) in [6.07, 6.45) is 0.441. The van der Waals surface area contributed by atoms with Crippen molar-refractivity contribution in [2.75, 3.05) is 27.9 Å². The van der Waals surface area contributed by atoms with Crippen LogP contribution in [-0.4, -0.2) is 44.6 Å². The van der Waals surface area contributed by atoms with E-state index in [1.54, 1.807) is 18.2 Å². The molecule has 1 N–H and O–H groups in total. The van der Waals surface area contributed by atoms with Gasteiger partial charge in [-0.2, -0.15) is 0 Å². The highest BCUT2D eigenvalue weighted by molar-refractivity contribution is 5.90. The summed E-state index contributed by atoms with van der Waals surface area (Å²) in [4.78, 5) is 11.5. The highest BCUT2D eigenvalue weighted by Crippen LogP contribution is 2.20. The van der Waals surface area contributed by atoms with Gasteiger partial charge < -0.3 is 19.3 Å². The van der Waals surface area contributed by atoms with E-state index in [1.807, 2.05) is 6.92 Å². The second kappa shape index (κ2) is 7.67. The molecule has 21 heavy (non-hydrogen) atoms. The molecule has 0 aliphatic carbocycles. The molecule has 0 aromatic heterocycles. The van der Waals surface area contributed by atoms with E-state index in [2.05, 4.69) is 16.6 Å². The molecule has 1 rings (SSSR count). The fourth-order valence-electron chi connectivity index (χ4n) is 1.69. The Morgan fingerprint density at radius 1 is 1.33 bits per heavy atom. The Bertz CT molecular complexity index is 556. The molecular weight excluding hydrogens is 272 g/mol. The molecule has 0 saturated heterocycles. The highest BCUT2D eigenvalue weighted by Gasteiger charge is 2.21. The number of hydrogen-bond acceptors (Lipinski definition) is 5. The van der Waals surface area contributed by atoms with Crippen molar-refractivity contribution in [2.24, 2.45) is 0 Å². The third-order valence-corrected chi connectivity index (χ3v) is 3.02. The summed E-state index contributed by atoms with van der Waals surface area (Å²) in [6, 6.07) is 4.80. The summed E-state index contributed by atoms with van der Waals surface area (Å²) >= 11 is 0. The van der Waals surface area contributed by atoms with Gasteiger partial charge in [0.15, 0.2) is 0 Å². The van der Waals surface area contributed by atoms with E-state index in [0.29, 0.717) is 23.3 Å². The van der Waals surface area contributed by atoms with Crippen molar-refractivity contribution in [1.29, 1.82) is 0 Å². The molecule has 0 amide bonds. The monoisotopic (exact) mass is 292 g/mol. The summed E-state index contributed by atoms with van der Waals surface area (Å²) in [6.45, 7) is 1.95. The van der Waals surface area contributed by atoms with Gasteiger partial charge >= 0.3 is 5.97 Å². The first-order valence-electron chi connectivity index (χ1n) is 6.50. The van der Waals surface area contributed by atoms with E-state index in [0.717, 1.165) is 0 Å². The lowest BCUT2D eigenvalue weighted by Crippen LogP contribution is -2.31. The number of rotatable bonds is 5. The van der Waals surface area contributed by atoms with Gasteiger partial charge in [-0.1, -0.05) is 18.8 Å². The van der Waals surface area contributed by atoms with Crippen molar-refractivity contribution >= 4 is 5.97 Å². The molecule has 0 unspecified atom stereocenters. The zero-order valence-corrected chi connectivity index (χ0v) is 12.7. The molecule has 0 saturated carbocycles. The van der Waals surface area contributed by atoms with Gasteiger partial charge in [0.05, 0.1) is 32.0 Å². The third kappa shape index (κ3) is 4.48. The van der Waals surface area contributed by atoms with E-state index in [1.165, 1.54) is 21.3 Å². The van der Waals surface area contributed by atoms with Gasteiger partial charge in [0, 0.05) is 7.11 Å². The Morgan fingerprint density at radius 2 is 2.05 bits per heavy atom. The van der Waals surface area contributed by atoms with Crippen molar-refractivity contribution in [3.8, 4) is 17.6 Å². The fourth-order valence-corrected chi connectivity index (χ4v) is 1.69. The SMILES string of the molecule is CC[C@@](O)(C#Cc1ccc(C(=O)OC)cc1OC)COC. The van der Waals surface area contributed by atoms with Crippen LogP contribution in [0.1, 0.15) is 29.3 Å². The minimum Gasteiger partial charge on any atom is -0.495 e. The predicted molar refractivity (Wildman–Crippen MR) is 78.3 cm³/mol. The molecule has 0 heterocycles. The number of methoxy groups -OCH3 is 3. The molecule has 5 heteroatoms. The molecule has 1 aromatic rings. The number of aliphatic hydroxyl groups is 1. The van der Waals surface area contributed by atoms with E-state index < -0.39 is 11.6 Å². The van der Waals surface area contributed by atoms with Crippen molar-refractivity contribution < 1.29 is 24.1 Å². The van der Waals surface area contributed by atoms with Gasteiger partial charge in [-0.3, -0.25) is 0 Å². The van der Waals surface area contributed by atoms with Crippen LogP contribution in [-0.2, 0) is 9.47 Å². The largest absolute Gasteiger partial charge is 0.495 e. The number of carbonyl (C=O) groups excluding carboxylic acids is 1. The molecule has 0 aliphatic heterocycles. The normalized spacial score (nSPS) is 12.8. The quantitative estimate of drug-likeness (QED) is 0.660. The van der Waals surface area contributed by atoms with Crippen molar-refractivity contribution in [3.63, 3.8) is 0 Å². The highest BCUT2D eigenvalue weighted by atomic mass is 16.5. The Balaban J connectivity index is 3.12. The average molecular weight is 292 g/mol. The van der Waals surface area contributed by atoms with Gasteiger partial charge in [-0.15, -0.1) is 0 Å². The zero-order chi connectivity index (χ0) is 15.9. The van der Waals surface area contributed by atoms with Crippen LogP contribution < -0.4 is 4.74 Å². The van der Waals surface area contributed by atoms with E-state index in [4.69, 9.17) is 9.47 Å². The number of hydrogen-bond donors (Lipinski definition) is 1. The fraction of sp³-hybridized carbons (Fsp3) is 0.438. The first kappa shape index (κ1) is 17.0. The van der Waals surface area contributed by atoms with Crippen LogP contribution in [0, 0.1) is 11.8 Å². The van der Waals surface area contributed by atoms with Gasteiger partial charge in [0.1, 0.15) is 11.4 Å². The Labute approximate surface area is 124 Å². The molecule has 0 fully saturated rings. The van der Waals surface area contributed by atoms with Crippen LogP contribution in [0.3, 0.4) is 0 Å². The van der Waals surface area contributed by atoms with E-state index in [-0.39, 0.29) is 6.61 Å². The molecule has 0 bridgehead atoms. The molecular formula is C16H20O5. The molecule has 5 nitrogen and oxygen atoms in total. The lowest BCUT2D eigenvalue weighted by atomic mass is 10.0. The topological polar surface area (TPSA) is 65.0 Å². The van der Waals surface area contributed by atoms with Crippen molar-refractivity contribution in [3.05, 3.63) is 29.3 Å². The van der Waals surface area contributed by atoms with Crippen LogP contribution in [0.5, 0.6) is 5.75 Å². The Morgan fingerprint density at radius 3 is 2.57 bits per heavy atom.